The molecule has 1 rings (SSSR count). The fourth-order valence-electron chi connectivity index (χ4n) is 3.14. The molecule has 1 aliphatic carbocycles. The Morgan fingerprint density at radius 1 is 1.17 bits per heavy atom. The monoisotopic (exact) mass is 252 g/mol. The molecule has 18 heavy (non-hydrogen) atoms. The Balaban J connectivity index is 2.29. The summed E-state index contributed by atoms with van der Waals surface area (Å²) in [4.78, 5) is 23.3. The summed E-state index contributed by atoms with van der Waals surface area (Å²) in [7, 11) is 0. The highest BCUT2D eigenvalue weighted by atomic mass is 16.1. The minimum atomic E-state index is -0.415. The van der Waals surface area contributed by atoms with Crippen LogP contribution < -0.4 is 0 Å². The number of ketones is 1. The van der Waals surface area contributed by atoms with E-state index in [4.69, 9.17) is 0 Å². The van der Waals surface area contributed by atoms with Crippen molar-refractivity contribution < 1.29 is 9.59 Å². The van der Waals surface area contributed by atoms with Crippen molar-refractivity contribution in [3.8, 4) is 0 Å². The summed E-state index contributed by atoms with van der Waals surface area (Å²) < 4.78 is 0. The zero-order valence-corrected chi connectivity index (χ0v) is 12.6. The van der Waals surface area contributed by atoms with Crippen LogP contribution in [0.15, 0.2) is 0 Å². The fourth-order valence-corrected chi connectivity index (χ4v) is 3.14. The maximum absolute atomic E-state index is 12.1. The third-order valence-electron chi connectivity index (χ3n) is 4.90. The van der Waals surface area contributed by atoms with E-state index >= 15 is 0 Å². The Kier molecular flexibility index (Phi) is 4.74. The second kappa shape index (κ2) is 5.54. The quantitative estimate of drug-likeness (QED) is 0.483. The first-order valence-corrected chi connectivity index (χ1v) is 7.26. The summed E-state index contributed by atoms with van der Waals surface area (Å²) in [5.41, 5.74) is -0.550. The standard InChI is InChI=1S/C16H28O2/c1-12(2)9-7-6-8-10-13(18)14-15(3,4)16(14,5)11-17/h11-12,14H,6-10H2,1-5H3. The Bertz CT molecular complexity index is 317. The lowest BCUT2D eigenvalue weighted by molar-refractivity contribution is -0.123. The molecule has 0 heterocycles. The highest BCUT2D eigenvalue weighted by Crippen LogP contribution is 2.67. The molecule has 2 nitrogen and oxygen atoms in total. The van der Waals surface area contributed by atoms with Crippen LogP contribution in [0.5, 0.6) is 0 Å². The lowest BCUT2D eigenvalue weighted by Gasteiger charge is -2.04. The summed E-state index contributed by atoms with van der Waals surface area (Å²) in [6, 6.07) is 0. The van der Waals surface area contributed by atoms with E-state index < -0.39 is 5.41 Å². The van der Waals surface area contributed by atoms with Crippen molar-refractivity contribution >= 4 is 12.1 Å². The summed E-state index contributed by atoms with van der Waals surface area (Å²) >= 11 is 0. The number of Topliss-reactive ketones (excluding diaryl/α,β-unsaturated/α-hetero) is 1. The van der Waals surface area contributed by atoms with E-state index in [1.54, 1.807) is 0 Å². The predicted octanol–water partition coefficient (Wildman–Crippen LogP) is 4.02. The van der Waals surface area contributed by atoms with Gasteiger partial charge in [-0.15, -0.1) is 0 Å². The molecule has 1 fully saturated rings. The van der Waals surface area contributed by atoms with E-state index in [0.717, 1.165) is 25.0 Å². The maximum atomic E-state index is 12.1. The molecule has 2 atom stereocenters. The van der Waals surface area contributed by atoms with Crippen molar-refractivity contribution in [2.24, 2.45) is 22.7 Å². The van der Waals surface area contributed by atoms with Crippen LogP contribution in [-0.4, -0.2) is 12.1 Å². The van der Waals surface area contributed by atoms with Gasteiger partial charge >= 0.3 is 0 Å². The first kappa shape index (κ1) is 15.4. The topological polar surface area (TPSA) is 34.1 Å². The van der Waals surface area contributed by atoms with Crippen LogP contribution >= 0.6 is 0 Å². The molecule has 0 aromatic carbocycles. The van der Waals surface area contributed by atoms with Gasteiger partial charge in [0.2, 0.25) is 0 Å². The van der Waals surface area contributed by atoms with E-state index in [9.17, 15) is 9.59 Å². The molecule has 2 heteroatoms. The smallest absolute Gasteiger partial charge is 0.137 e. The normalized spacial score (nSPS) is 29.3. The molecule has 0 aliphatic heterocycles. The van der Waals surface area contributed by atoms with Crippen molar-refractivity contribution in [3.63, 3.8) is 0 Å². The number of aldehydes is 1. The number of carbonyl (C=O) groups excluding carboxylic acids is 2. The lowest BCUT2D eigenvalue weighted by Crippen LogP contribution is -2.09. The molecule has 1 aliphatic rings. The van der Waals surface area contributed by atoms with Crippen molar-refractivity contribution in [1.29, 1.82) is 0 Å². The zero-order valence-electron chi connectivity index (χ0n) is 12.6. The van der Waals surface area contributed by atoms with Gasteiger partial charge in [-0.1, -0.05) is 53.9 Å². The number of unbranched alkanes of at least 4 members (excludes halogenated alkanes) is 2. The van der Waals surface area contributed by atoms with E-state index in [2.05, 4.69) is 13.8 Å². The molecule has 1 saturated carbocycles. The first-order valence-electron chi connectivity index (χ1n) is 7.26. The molecular weight excluding hydrogens is 224 g/mol. The van der Waals surface area contributed by atoms with Crippen LogP contribution in [0.4, 0.5) is 0 Å². The van der Waals surface area contributed by atoms with Gasteiger partial charge in [0.15, 0.2) is 0 Å². The van der Waals surface area contributed by atoms with Crippen LogP contribution in [0, 0.1) is 22.7 Å². The molecule has 0 spiro atoms. The van der Waals surface area contributed by atoms with E-state index in [0.29, 0.717) is 12.2 Å². The van der Waals surface area contributed by atoms with Gasteiger partial charge in [0.1, 0.15) is 12.1 Å². The number of rotatable bonds is 8. The number of hydrogen-bond donors (Lipinski definition) is 0. The molecule has 0 N–H and O–H groups in total. The summed E-state index contributed by atoms with van der Waals surface area (Å²) in [5.74, 6) is 0.994. The van der Waals surface area contributed by atoms with E-state index in [-0.39, 0.29) is 11.3 Å². The van der Waals surface area contributed by atoms with Crippen LogP contribution in [0.2, 0.25) is 0 Å². The predicted molar refractivity (Wildman–Crippen MR) is 74.4 cm³/mol. The van der Waals surface area contributed by atoms with Crippen molar-refractivity contribution in [1.82, 2.24) is 0 Å². The second-order valence-electron chi connectivity index (χ2n) is 7.01. The largest absolute Gasteiger partial charge is 0.303 e. The molecule has 0 amide bonds. The Morgan fingerprint density at radius 2 is 1.78 bits per heavy atom. The van der Waals surface area contributed by atoms with E-state index in [1.807, 2.05) is 20.8 Å². The van der Waals surface area contributed by atoms with Gasteiger partial charge in [0, 0.05) is 17.8 Å². The Morgan fingerprint density at radius 3 is 2.22 bits per heavy atom. The molecule has 104 valence electrons. The second-order valence-corrected chi connectivity index (χ2v) is 7.01. The van der Waals surface area contributed by atoms with Gasteiger partial charge < -0.3 is 4.79 Å². The lowest BCUT2D eigenvalue weighted by atomic mass is 10.0. The number of hydrogen-bond acceptors (Lipinski definition) is 2. The Labute approximate surface area is 112 Å². The minimum absolute atomic E-state index is 0.0485. The van der Waals surface area contributed by atoms with Crippen LogP contribution in [0.1, 0.15) is 66.7 Å². The number of carbonyl (C=O) groups is 2. The molecule has 0 radical (unpaired) electrons. The third-order valence-corrected chi connectivity index (χ3v) is 4.90. The molecule has 0 saturated heterocycles. The fraction of sp³-hybridized carbons (Fsp3) is 0.875. The van der Waals surface area contributed by atoms with Gasteiger partial charge in [-0.2, -0.15) is 0 Å². The average molecular weight is 252 g/mol. The third kappa shape index (κ3) is 2.84. The first-order chi connectivity index (χ1) is 8.27. The van der Waals surface area contributed by atoms with Crippen LogP contribution in [-0.2, 0) is 9.59 Å². The van der Waals surface area contributed by atoms with Crippen molar-refractivity contribution in [2.45, 2.75) is 66.7 Å². The summed E-state index contributed by atoms with van der Waals surface area (Å²) in [6.07, 6.45) is 6.20. The Hall–Kier alpha value is -0.660. The molecule has 0 aromatic rings. The van der Waals surface area contributed by atoms with Crippen LogP contribution in [0.25, 0.3) is 0 Å². The minimum Gasteiger partial charge on any atom is -0.303 e. The maximum Gasteiger partial charge on any atom is 0.137 e. The van der Waals surface area contributed by atoms with Gasteiger partial charge in [0.05, 0.1) is 0 Å². The van der Waals surface area contributed by atoms with Crippen molar-refractivity contribution in [3.05, 3.63) is 0 Å². The van der Waals surface area contributed by atoms with Gasteiger partial charge in [-0.25, -0.2) is 0 Å². The van der Waals surface area contributed by atoms with Gasteiger partial charge in [-0.05, 0) is 17.8 Å². The molecule has 2 unspecified atom stereocenters. The van der Waals surface area contributed by atoms with E-state index in [1.165, 1.54) is 12.8 Å². The zero-order chi connectivity index (χ0) is 14.0. The molecule has 0 bridgehead atoms. The van der Waals surface area contributed by atoms with Gasteiger partial charge in [-0.3, -0.25) is 4.79 Å². The summed E-state index contributed by atoms with van der Waals surface area (Å²) in [5, 5.41) is 0. The highest BCUT2D eigenvalue weighted by molar-refractivity contribution is 5.92. The van der Waals surface area contributed by atoms with Crippen molar-refractivity contribution in [2.75, 3.05) is 0 Å². The SMILES string of the molecule is CC(C)CCCCCC(=O)C1C(C)(C)C1(C)C=O. The average Bonchev–Trinajstić information content (AvgIpc) is 2.72. The molecule has 0 aromatic heterocycles. The molecular formula is C16H28O2. The van der Waals surface area contributed by atoms with Gasteiger partial charge in [0.25, 0.3) is 0 Å². The highest BCUT2D eigenvalue weighted by Gasteiger charge is 2.70. The van der Waals surface area contributed by atoms with Crippen LogP contribution in [0.3, 0.4) is 0 Å². The summed E-state index contributed by atoms with van der Waals surface area (Å²) in [6.45, 7) is 10.4.